The first kappa shape index (κ1) is 17.1. The molecule has 0 radical (unpaired) electrons. The third-order valence-corrected chi connectivity index (χ3v) is 5.53. The van der Waals surface area contributed by atoms with Gasteiger partial charge in [-0.3, -0.25) is 4.79 Å². The van der Waals surface area contributed by atoms with E-state index in [2.05, 4.69) is 30.7 Å². The molecule has 0 heterocycles. The van der Waals surface area contributed by atoms with Gasteiger partial charge in [-0.25, -0.2) is 0 Å². The van der Waals surface area contributed by atoms with E-state index in [1.807, 2.05) is 36.0 Å². The Morgan fingerprint density at radius 1 is 1.20 bits per heavy atom. The van der Waals surface area contributed by atoms with Gasteiger partial charge in [-0.15, -0.1) is 0 Å². The van der Waals surface area contributed by atoms with Crippen molar-refractivity contribution in [1.29, 1.82) is 0 Å². The van der Waals surface area contributed by atoms with Crippen LogP contribution in [0.2, 0.25) is 0 Å². The molecule has 0 saturated carbocycles. The summed E-state index contributed by atoms with van der Waals surface area (Å²) in [5.41, 5.74) is 1.91. The van der Waals surface area contributed by atoms with Crippen LogP contribution >= 0.6 is 11.8 Å². The van der Waals surface area contributed by atoms with Crippen LogP contribution < -0.4 is 10.6 Å². The van der Waals surface area contributed by atoms with E-state index < -0.39 is 0 Å². The quantitative estimate of drug-likeness (QED) is 0.774. The topological polar surface area (TPSA) is 41.1 Å². The van der Waals surface area contributed by atoms with Crippen molar-refractivity contribution >= 4 is 17.7 Å². The Labute approximate surface area is 126 Å². The highest BCUT2D eigenvalue weighted by Crippen LogP contribution is 2.29. The van der Waals surface area contributed by atoms with E-state index >= 15 is 0 Å². The Balaban J connectivity index is 2.52. The first-order valence-electron chi connectivity index (χ1n) is 7.17. The lowest BCUT2D eigenvalue weighted by Crippen LogP contribution is -2.36. The van der Waals surface area contributed by atoms with Crippen LogP contribution in [0.5, 0.6) is 0 Å². The second-order valence-corrected chi connectivity index (χ2v) is 6.25. The smallest absolute Gasteiger partial charge is 0.251 e. The molecule has 0 aliphatic carbocycles. The van der Waals surface area contributed by atoms with Gasteiger partial charge >= 0.3 is 0 Å². The van der Waals surface area contributed by atoms with Gasteiger partial charge in [-0.2, -0.15) is 11.8 Å². The molecule has 2 N–H and O–H groups in total. The lowest BCUT2D eigenvalue weighted by Gasteiger charge is -2.30. The van der Waals surface area contributed by atoms with Crippen LogP contribution in [0.3, 0.4) is 0 Å². The van der Waals surface area contributed by atoms with Crippen LogP contribution in [0.1, 0.15) is 42.6 Å². The predicted molar refractivity (Wildman–Crippen MR) is 88.4 cm³/mol. The number of amides is 1. The molecular weight excluding hydrogens is 268 g/mol. The molecule has 4 heteroatoms. The Bertz CT molecular complexity index is 405. The molecular formula is C16H26N2OS. The summed E-state index contributed by atoms with van der Waals surface area (Å²) in [5, 5.41) is 6.17. The molecule has 1 aromatic rings. The monoisotopic (exact) mass is 294 g/mol. The van der Waals surface area contributed by atoms with Gasteiger partial charge in [-0.05, 0) is 36.8 Å². The first-order valence-corrected chi connectivity index (χ1v) is 8.40. The van der Waals surface area contributed by atoms with E-state index in [1.54, 1.807) is 7.05 Å². The number of nitrogens with one attached hydrogen (secondary N) is 2. The van der Waals surface area contributed by atoms with Crippen molar-refractivity contribution in [2.75, 3.05) is 19.8 Å². The molecule has 0 unspecified atom stereocenters. The molecule has 0 aliphatic rings. The van der Waals surface area contributed by atoms with Crippen LogP contribution in [-0.2, 0) is 6.54 Å². The average Bonchev–Trinajstić information content (AvgIpc) is 2.52. The number of hydrogen-bond acceptors (Lipinski definition) is 3. The zero-order valence-corrected chi connectivity index (χ0v) is 13.8. The molecule has 0 fully saturated rings. The summed E-state index contributed by atoms with van der Waals surface area (Å²) in [4.78, 5) is 11.5. The third kappa shape index (κ3) is 4.53. The molecule has 1 aromatic carbocycles. The van der Waals surface area contributed by atoms with Crippen molar-refractivity contribution in [3.05, 3.63) is 35.4 Å². The van der Waals surface area contributed by atoms with Crippen LogP contribution in [0.25, 0.3) is 0 Å². The maximum Gasteiger partial charge on any atom is 0.251 e. The van der Waals surface area contributed by atoms with Gasteiger partial charge in [0.25, 0.3) is 5.91 Å². The standard InChI is InChI=1S/C16H26N2OS/c1-5-16(6-2,20-4)12-18-11-13-7-9-14(10-8-13)15(19)17-3/h7-10,18H,5-6,11-12H2,1-4H3,(H,17,19). The number of carbonyl (C=O) groups is 1. The summed E-state index contributed by atoms with van der Waals surface area (Å²) >= 11 is 1.95. The van der Waals surface area contributed by atoms with E-state index in [4.69, 9.17) is 0 Å². The lowest BCUT2D eigenvalue weighted by molar-refractivity contribution is 0.0963. The van der Waals surface area contributed by atoms with Gasteiger partial charge in [0, 0.05) is 30.4 Å². The summed E-state index contributed by atoms with van der Waals surface area (Å²) < 4.78 is 0.335. The van der Waals surface area contributed by atoms with Crippen LogP contribution in [0.4, 0.5) is 0 Å². The fourth-order valence-corrected chi connectivity index (χ4v) is 3.04. The molecule has 20 heavy (non-hydrogen) atoms. The van der Waals surface area contributed by atoms with Crippen LogP contribution in [-0.4, -0.2) is 30.5 Å². The van der Waals surface area contributed by atoms with Gasteiger partial charge in [0.2, 0.25) is 0 Å². The Morgan fingerprint density at radius 3 is 2.25 bits per heavy atom. The Morgan fingerprint density at radius 2 is 1.80 bits per heavy atom. The van der Waals surface area contributed by atoms with Crippen molar-refractivity contribution in [3.8, 4) is 0 Å². The summed E-state index contributed by atoms with van der Waals surface area (Å²) in [6.07, 6.45) is 4.54. The highest BCUT2D eigenvalue weighted by atomic mass is 32.2. The fourth-order valence-electron chi connectivity index (χ4n) is 2.21. The molecule has 1 rings (SSSR count). The molecule has 112 valence electrons. The predicted octanol–water partition coefficient (Wildman–Crippen LogP) is 3.06. The molecule has 3 nitrogen and oxygen atoms in total. The van der Waals surface area contributed by atoms with E-state index in [1.165, 1.54) is 18.4 Å². The van der Waals surface area contributed by atoms with Crippen molar-refractivity contribution < 1.29 is 4.79 Å². The maximum atomic E-state index is 11.5. The second kappa shape index (κ2) is 8.32. The fraction of sp³-hybridized carbons (Fsp3) is 0.562. The van der Waals surface area contributed by atoms with Gasteiger partial charge < -0.3 is 10.6 Å². The van der Waals surface area contributed by atoms with Gasteiger partial charge in [0.05, 0.1) is 0 Å². The zero-order valence-electron chi connectivity index (χ0n) is 13.0. The van der Waals surface area contributed by atoms with Gasteiger partial charge in [-0.1, -0.05) is 26.0 Å². The van der Waals surface area contributed by atoms with Gasteiger partial charge in [0.1, 0.15) is 0 Å². The van der Waals surface area contributed by atoms with Crippen molar-refractivity contribution in [3.63, 3.8) is 0 Å². The summed E-state index contributed by atoms with van der Waals surface area (Å²) in [5.74, 6) is -0.0390. The number of thioether (sulfide) groups is 1. The summed E-state index contributed by atoms with van der Waals surface area (Å²) in [6.45, 7) is 6.36. The second-order valence-electron chi connectivity index (χ2n) is 4.97. The molecule has 0 spiro atoms. The third-order valence-electron chi connectivity index (χ3n) is 3.94. The van der Waals surface area contributed by atoms with E-state index in [0.717, 1.165) is 13.1 Å². The number of hydrogen-bond donors (Lipinski definition) is 2. The zero-order chi connectivity index (χ0) is 15.0. The van der Waals surface area contributed by atoms with E-state index in [9.17, 15) is 4.79 Å². The lowest BCUT2D eigenvalue weighted by atomic mass is 10.0. The van der Waals surface area contributed by atoms with Crippen molar-refractivity contribution in [1.82, 2.24) is 10.6 Å². The summed E-state index contributed by atoms with van der Waals surface area (Å²) in [6, 6.07) is 7.76. The average molecular weight is 294 g/mol. The van der Waals surface area contributed by atoms with Crippen molar-refractivity contribution in [2.45, 2.75) is 38.0 Å². The first-order chi connectivity index (χ1) is 9.60. The highest BCUT2D eigenvalue weighted by Gasteiger charge is 2.23. The normalized spacial score (nSPS) is 11.4. The van der Waals surface area contributed by atoms with Gasteiger partial charge in [0.15, 0.2) is 0 Å². The minimum absolute atomic E-state index is 0.0390. The minimum Gasteiger partial charge on any atom is -0.355 e. The molecule has 0 aromatic heterocycles. The molecule has 0 bridgehead atoms. The number of carbonyl (C=O) groups excluding carboxylic acids is 1. The van der Waals surface area contributed by atoms with E-state index in [0.29, 0.717) is 10.3 Å². The SMILES string of the molecule is CCC(CC)(CNCc1ccc(C(=O)NC)cc1)SC. The van der Waals surface area contributed by atoms with E-state index in [-0.39, 0.29) is 5.91 Å². The van der Waals surface area contributed by atoms with Crippen molar-refractivity contribution in [2.24, 2.45) is 0 Å². The highest BCUT2D eigenvalue weighted by molar-refractivity contribution is 8.00. The van der Waals surface area contributed by atoms with Crippen LogP contribution in [0.15, 0.2) is 24.3 Å². The molecule has 0 saturated heterocycles. The minimum atomic E-state index is -0.0390. The van der Waals surface area contributed by atoms with Crippen LogP contribution in [0, 0.1) is 0 Å². The Hall–Kier alpha value is -1.00. The molecule has 1 amide bonds. The number of benzene rings is 1. The molecule has 0 atom stereocenters. The maximum absolute atomic E-state index is 11.5. The summed E-state index contributed by atoms with van der Waals surface area (Å²) in [7, 11) is 1.65. The largest absolute Gasteiger partial charge is 0.355 e. The molecule has 0 aliphatic heterocycles. The number of rotatable bonds is 8. The Kier molecular flexibility index (Phi) is 7.10.